The molecule has 0 saturated heterocycles. The minimum atomic E-state index is -0.396. The highest BCUT2D eigenvalue weighted by Gasteiger charge is 2.22. The van der Waals surface area contributed by atoms with Crippen LogP contribution in [0.3, 0.4) is 0 Å². The van der Waals surface area contributed by atoms with E-state index < -0.39 is 11.9 Å². The van der Waals surface area contributed by atoms with Crippen molar-refractivity contribution in [3.63, 3.8) is 0 Å². The first-order chi connectivity index (χ1) is 9.94. The molecule has 0 aromatic heterocycles. The molecule has 0 aliphatic carbocycles. The summed E-state index contributed by atoms with van der Waals surface area (Å²) >= 11 is 1.10. The Labute approximate surface area is 125 Å². The van der Waals surface area contributed by atoms with Crippen LogP contribution in [0.1, 0.15) is 19.4 Å². The van der Waals surface area contributed by atoms with Gasteiger partial charge in [0.1, 0.15) is 5.75 Å². The Morgan fingerprint density at radius 2 is 1.90 bits per heavy atom. The fraction of sp³-hybridized carbons (Fsp3) is 0.143. The standard InChI is InChI=1S/C14H12N2O4S/c1-8(17)15-14-16-13(19)12(21-14)7-10-3-5-11(6-4-10)20-9(2)18/h3-7H,1-2H3,(H,15,16,17,19)/b12-7-. The number of carbonyl (C=O) groups is 3. The van der Waals surface area contributed by atoms with Crippen molar-refractivity contribution < 1.29 is 19.1 Å². The summed E-state index contributed by atoms with van der Waals surface area (Å²) in [5, 5.41) is 2.75. The second-order valence-electron chi connectivity index (χ2n) is 4.18. The molecule has 0 fully saturated rings. The van der Waals surface area contributed by atoms with Crippen molar-refractivity contribution in [1.82, 2.24) is 5.32 Å². The molecule has 0 atom stereocenters. The van der Waals surface area contributed by atoms with Gasteiger partial charge in [0.2, 0.25) is 5.91 Å². The summed E-state index contributed by atoms with van der Waals surface area (Å²) < 4.78 is 4.92. The van der Waals surface area contributed by atoms with Gasteiger partial charge in [-0.05, 0) is 35.5 Å². The van der Waals surface area contributed by atoms with E-state index >= 15 is 0 Å². The number of hydrogen-bond donors (Lipinski definition) is 1. The summed E-state index contributed by atoms with van der Waals surface area (Å²) in [6.45, 7) is 2.67. The summed E-state index contributed by atoms with van der Waals surface area (Å²) in [7, 11) is 0. The molecule has 6 nitrogen and oxygen atoms in total. The lowest BCUT2D eigenvalue weighted by atomic mass is 10.2. The van der Waals surface area contributed by atoms with Crippen molar-refractivity contribution in [2.75, 3.05) is 0 Å². The van der Waals surface area contributed by atoms with Gasteiger partial charge in [0.25, 0.3) is 5.91 Å². The molecule has 7 heteroatoms. The number of rotatable bonds is 2. The van der Waals surface area contributed by atoms with Crippen LogP contribution in [-0.2, 0) is 14.4 Å². The number of thioether (sulfide) groups is 1. The van der Waals surface area contributed by atoms with Gasteiger partial charge in [-0.2, -0.15) is 4.99 Å². The lowest BCUT2D eigenvalue weighted by molar-refractivity contribution is -0.132. The zero-order valence-corrected chi connectivity index (χ0v) is 12.2. The molecule has 0 unspecified atom stereocenters. The molecule has 0 radical (unpaired) electrons. The van der Waals surface area contributed by atoms with E-state index in [0.29, 0.717) is 10.7 Å². The summed E-state index contributed by atoms with van der Waals surface area (Å²) in [5.74, 6) is -0.630. The van der Waals surface area contributed by atoms with Crippen molar-refractivity contribution in [2.24, 2.45) is 4.99 Å². The number of amidine groups is 1. The van der Waals surface area contributed by atoms with Gasteiger partial charge in [-0.1, -0.05) is 12.1 Å². The topological polar surface area (TPSA) is 84.8 Å². The number of nitrogens with zero attached hydrogens (tertiary/aromatic N) is 1. The van der Waals surface area contributed by atoms with Crippen LogP contribution in [0.2, 0.25) is 0 Å². The Hall–Kier alpha value is -2.41. The molecular weight excluding hydrogens is 292 g/mol. The first-order valence-corrected chi connectivity index (χ1v) is 6.84. The van der Waals surface area contributed by atoms with Crippen molar-refractivity contribution in [3.05, 3.63) is 34.7 Å². The number of hydrogen-bond acceptors (Lipinski definition) is 5. The number of aliphatic imine (C=N–C) groups is 1. The van der Waals surface area contributed by atoms with Crippen LogP contribution in [-0.4, -0.2) is 23.0 Å². The van der Waals surface area contributed by atoms with Gasteiger partial charge in [-0.25, -0.2) is 0 Å². The third kappa shape index (κ3) is 4.28. The normalized spacial score (nSPS) is 15.8. The van der Waals surface area contributed by atoms with E-state index in [-0.39, 0.29) is 11.1 Å². The molecule has 2 rings (SSSR count). The maximum Gasteiger partial charge on any atom is 0.308 e. The van der Waals surface area contributed by atoms with Crippen LogP contribution in [0.4, 0.5) is 0 Å². The number of esters is 1. The lowest BCUT2D eigenvalue weighted by Crippen LogP contribution is -2.23. The van der Waals surface area contributed by atoms with Crippen LogP contribution in [0.25, 0.3) is 6.08 Å². The Balaban J connectivity index is 2.09. The summed E-state index contributed by atoms with van der Waals surface area (Å²) in [6.07, 6.45) is 1.66. The Kier molecular flexibility index (Phi) is 4.54. The highest BCUT2D eigenvalue weighted by atomic mass is 32.2. The minimum Gasteiger partial charge on any atom is -0.427 e. The highest BCUT2D eigenvalue weighted by molar-refractivity contribution is 8.18. The molecule has 1 N–H and O–H groups in total. The molecule has 1 aliphatic heterocycles. The van der Waals surface area contributed by atoms with Crippen molar-refractivity contribution in [2.45, 2.75) is 13.8 Å². The van der Waals surface area contributed by atoms with Gasteiger partial charge in [-0.15, -0.1) is 0 Å². The summed E-state index contributed by atoms with van der Waals surface area (Å²) in [6, 6.07) is 6.70. The van der Waals surface area contributed by atoms with Gasteiger partial charge >= 0.3 is 5.97 Å². The van der Waals surface area contributed by atoms with E-state index in [0.717, 1.165) is 17.3 Å². The Morgan fingerprint density at radius 3 is 2.48 bits per heavy atom. The predicted octanol–water partition coefficient (Wildman–Crippen LogP) is 1.72. The van der Waals surface area contributed by atoms with E-state index in [1.165, 1.54) is 13.8 Å². The van der Waals surface area contributed by atoms with Gasteiger partial charge in [0.15, 0.2) is 5.17 Å². The largest absolute Gasteiger partial charge is 0.427 e. The van der Waals surface area contributed by atoms with Gasteiger partial charge in [0.05, 0.1) is 4.91 Å². The SMILES string of the molecule is CC(=O)NC1=NC(=O)/C(=C/c2ccc(OC(C)=O)cc2)S1. The number of carbonyl (C=O) groups excluding carboxylic acids is 3. The van der Waals surface area contributed by atoms with Crippen LogP contribution in [0.15, 0.2) is 34.2 Å². The molecular formula is C14H12N2O4S. The number of benzene rings is 1. The minimum absolute atomic E-state index is 0.273. The highest BCUT2D eigenvalue weighted by Crippen LogP contribution is 2.27. The predicted molar refractivity (Wildman–Crippen MR) is 79.6 cm³/mol. The van der Waals surface area contributed by atoms with Crippen LogP contribution < -0.4 is 10.1 Å². The molecule has 2 amide bonds. The number of amides is 2. The van der Waals surface area contributed by atoms with Crippen molar-refractivity contribution >= 4 is 40.8 Å². The van der Waals surface area contributed by atoms with Crippen LogP contribution in [0.5, 0.6) is 5.75 Å². The van der Waals surface area contributed by atoms with E-state index in [1.54, 1.807) is 30.3 Å². The Morgan fingerprint density at radius 1 is 1.24 bits per heavy atom. The third-order valence-corrected chi connectivity index (χ3v) is 3.24. The summed E-state index contributed by atoms with van der Waals surface area (Å²) in [4.78, 5) is 37.6. The molecule has 1 aliphatic rings. The van der Waals surface area contributed by atoms with Crippen LogP contribution in [0, 0.1) is 0 Å². The number of ether oxygens (including phenoxy) is 1. The van der Waals surface area contributed by atoms with Gasteiger partial charge in [-0.3, -0.25) is 14.4 Å². The zero-order chi connectivity index (χ0) is 15.4. The van der Waals surface area contributed by atoms with E-state index in [4.69, 9.17) is 4.74 Å². The van der Waals surface area contributed by atoms with Gasteiger partial charge < -0.3 is 10.1 Å². The fourth-order valence-corrected chi connectivity index (χ4v) is 2.42. The van der Waals surface area contributed by atoms with Crippen molar-refractivity contribution in [1.29, 1.82) is 0 Å². The monoisotopic (exact) mass is 304 g/mol. The molecule has 108 valence electrons. The average molecular weight is 304 g/mol. The third-order valence-electron chi connectivity index (χ3n) is 2.34. The molecule has 0 spiro atoms. The fourth-order valence-electron chi connectivity index (χ4n) is 1.56. The lowest BCUT2D eigenvalue weighted by Gasteiger charge is -2.01. The van der Waals surface area contributed by atoms with E-state index in [1.807, 2.05) is 0 Å². The molecule has 1 aromatic carbocycles. The first-order valence-electron chi connectivity index (χ1n) is 6.02. The maximum absolute atomic E-state index is 11.7. The second-order valence-corrected chi connectivity index (χ2v) is 5.21. The second kappa shape index (κ2) is 6.36. The number of nitrogens with one attached hydrogen (secondary N) is 1. The summed E-state index contributed by atoms with van der Waals surface area (Å²) in [5.41, 5.74) is 0.765. The maximum atomic E-state index is 11.7. The average Bonchev–Trinajstić information content (AvgIpc) is 2.70. The van der Waals surface area contributed by atoms with Gasteiger partial charge in [0, 0.05) is 13.8 Å². The van der Waals surface area contributed by atoms with Crippen molar-refractivity contribution in [3.8, 4) is 5.75 Å². The zero-order valence-electron chi connectivity index (χ0n) is 11.4. The van der Waals surface area contributed by atoms with E-state index in [2.05, 4.69) is 10.3 Å². The first kappa shape index (κ1) is 15.0. The molecule has 1 aromatic rings. The molecule has 21 heavy (non-hydrogen) atoms. The Bertz CT molecular complexity index is 662. The smallest absolute Gasteiger partial charge is 0.308 e. The molecule has 1 heterocycles. The quantitative estimate of drug-likeness (QED) is 0.511. The molecule has 0 saturated carbocycles. The van der Waals surface area contributed by atoms with Crippen LogP contribution >= 0.6 is 11.8 Å². The van der Waals surface area contributed by atoms with E-state index in [9.17, 15) is 14.4 Å². The molecule has 0 bridgehead atoms.